The number of hydrogen-bond donors (Lipinski definition) is 0. The van der Waals surface area contributed by atoms with Crippen LogP contribution in [0.25, 0.3) is 11.3 Å². The molecule has 0 unspecified atom stereocenters. The van der Waals surface area contributed by atoms with E-state index >= 15 is 0 Å². The minimum Gasteiger partial charge on any atom is -0.480 e. The van der Waals surface area contributed by atoms with Crippen LogP contribution in [0.5, 0.6) is 5.88 Å². The molecular weight excluding hydrogens is 344 g/mol. The van der Waals surface area contributed by atoms with Crippen LogP contribution in [0.2, 0.25) is 0 Å². The first-order chi connectivity index (χ1) is 13.3. The maximum absolute atomic E-state index is 5.23. The van der Waals surface area contributed by atoms with Gasteiger partial charge >= 0.3 is 0 Å². The molecule has 0 N–H and O–H groups in total. The van der Waals surface area contributed by atoms with Crippen molar-refractivity contribution in [2.24, 2.45) is 0 Å². The molecule has 4 aromatic rings. The van der Waals surface area contributed by atoms with Gasteiger partial charge in [-0.25, -0.2) is 0 Å². The molecule has 138 valence electrons. The van der Waals surface area contributed by atoms with E-state index in [1.165, 1.54) is 0 Å². The van der Waals surface area contributed by atoms with Crippen molar-refractivity contribution >= 4 is 11.3 Å². The molecule has 4 aromatic heterocycles. The molecule has 9 nitrogen and oxygen atoms in total. The lowest BCUT2D eigenvalue weighted by molar-refractivity contribution is 0.196. The van der Waals surface area contributed by atoms with E-state index in [0.29, 0.717) is 11.8 Å². The number of fused-ring (bicyclic) bond motifs is 2. The van der Waals surface area contributed by atoms with Gasteiger partial charge in [0.1, 0.15) is 0 Å². The number of ether oxygens (including phenoxy) is 1. The van der Waals surface area contributed by atoms with E-state index < -0.39 is 0 Å². The van der Waals surface area contributed by atoms with Crippen molar-refractivity contribution in [3.8, 4) is 5.88 Å². The van der Waals surface area contributed by atoms with Crippen molar-refractivity contribution in [3.63, 3.8) is 0 Å². The number of piperidine rings is 1. The molecule has 1 saturated heterocycles. The molecule has 9 heteroatoms. The summed E-state index contributed by atoms with van der Waals surface area (Å²) in [4.78, 5) is 2.41. The van der Waals surface area contributed by atoms with E-state index in [2.05, 4.69) is 30.4 Å². The first-order valence-corrected chi connectivity index (χ1v) is 9.09. The van der Waals surface area contributed by atoms with Gasteiger partial charge in [-0.2, -0.15) is 4.52 Å². The molecular formula is C18H20N8O. The first kappa shape index (κ1) is 16.1. The fourth-order valence-corrected chi connectivity index (χ4v) is 3.70. The van der Waals surface area contributed by atoms with Crippen molar-refractivity contribution < 1.29 is 4.74 Å². The van der Waals surface area contributed by atoms with Gasteiger partial charge in [-0.3, -0.25) is 9.30 Å². The predicted octanol–water partition coefficient (Wildman–Crippen LogP) is 1.56. The number of aromatic nitrogens is 7. The smallest absolute Gasteiger partial charge is 0.231 e. The zero-order valence-electron chi connectivity index (χ0n) is 15.1. The molecule has 0 aromatic carbocycles. The average Bonchev–Trinajstić information content (AvgIpc) is 3.32. The quantitative estimate of drug-likeness (QED) is 0.543. The van der Waals surface area contributed by atoms with Crippen LogP contribution in [-0.4, -0.2) is 59.5 Å². The maximum Gasteiger partial charge on any atom is 0.231 e. The Balaban J connectivity index is 1.30. The monoisotopic (exact) mass is 364 g/mol. The Labute approximate surface area is 155 Å². The van der Waals surface area contributed by atoms with Crippen LogP contribution in [0, 0.1) is 0 Å². The Morgan fingerprint density at radius 1 is 1.00 bits per heavy atom. The van der Waals surface area contributed by atoms with E-state index in [9.17, 15) is 0 Å². The zero-order chi connectivity index (χ0) is 18.2. The molecule has 0 spiro atoms. The minimum absolute atomic E-state index is 0.339. The Morgan fingerprint density at radius 3 is 2.70 bits per heavy atom. The van der Waals surface area contributed by atoms with E-state index in [1.54, 1.807) is 13.2 Å². The lowest BCUT2D eigenvalue weighted by atomic mass is 9.96. The summed E-state index contributed by atoms with van der Waals surface area (Å²) in [6, 6.07) is 9.64. The molecule has 1 aliphatic rings. The summed E-state index contributed by atoms with van der Waals surface area (Å²) in [5.41, 5.74) is 1.64. The topological polar surface area (TPSA) is 85.7 Å². The van der Waals surface area contributed by atoms with E-state index in [0.717, 1.165) is 55.4 Å². The van der Waals surface area contributed by atoms with Crippen molar-refractivity contribution in [2.45, 2.75) is 25.3 Å². The molecule has 5 rings (SSSR count). The van der Waals surface area contributed by atoms with Gasteiger partial charge in [-0.15, -0.1) is 25.5 Å². The minimum atomic E-state index is 0.339. The summed E-state index contributed by atoms with van der Waals surface area (Å²) in [6.07, 6.45) is 4.03. The molecule has 0 bridgehead atoms. The molecule has 0 aliphatic carbocycles. The van der Waals surface area contributed by atoms with Crippen LogP contribution in [0.15, 0.2) is 36.5 Å². The van der Waals surface area contributed by atoms with Crippen molar-refractivity contribution in [2.75, 3.05) is 20.2 Å². The summed E-state index contributed by atoms with van der Waals surface area (Å²) in [6.45, 7) is 2.75. The van der Waals surface area contributed by atoms with E-state index in [1.807, 2.05) is 39.4 Å². The maximum atomic E-state index is 5.23. The van der Waals surface area contributed by atoms with Crippen molar-refractivity contribution in [1.82, 2.24) is 39.3 Å². The molecule has 0 atom stereocenters. The predicted molar refractivity (Wildman–Crippen MR) is 97.6 cm³/mol. The first-order valence-electron chi connectivity index (χ1n) is 9.09. The van der Waals surface area contributed by atoms with Gasteiger partial charge in [-0.05, 0) is 44.1 Å². The van der Waals surface area contributed by atoms with Crippen LogP contribution < -0.4 is 4.74 Å². The highest BCUT2D eigenvalue weighted by Gasteiger charge is 2.26. The second-order valence-electron chi connectivity index (χ2n) is 6.80. The molecule has 0 radical (unpaired) electrons. The summed E-state index contributed by atoms with van der Waals surface area (Å²) < 4.78 is 9.09. The normalized spacial score (nSPS) is 16.3. The second-order valence-corrected chi connectivity index (χ2v) is 6.80. The van der Waals surface area contributed by atoms with Crippen LogP contribution in [0.3, 0.4) is 0 Å². The van der Waals surface area contributed by atoms with Crippen LogP contribution in [0.4, 0.5) is 0 Å². The highest BCUT2D eigenvalue weighted by atomic mass is 16.5. The Kier molecular flexibility index (Phi) is 3.93. The molecule has 1 fully saturated rings. The van der Waals surface area contributed by atoms with Gasteiger partial charge in [0, 0.05) is 18.2 Å². The summed E-state index contributed by atoms with van der Waals surface area (Å²) in [5.74, 6) is 2.80. The highest BCUT2D eigenvalue weighted by Crippen LogP contribution is 2.27. The van der Waals surface area contributed by atoms with Crippen molar-refractivity contribution in [1.29, 1.82) is 0 Å². The van der Waals surface area contributed by atoms with E-state index in [-0.39, 0.29) is 0 Å². The second kappa shape index (κ2) is 6.58. The third-order valence-electron chi connectivity index (χ3n) is 5.17. The number of methoxy groups -OCH3 is 1. The number of nitrogens with zero attached hydrogens (tertiary/aromatic N) is 8. The van der Waals surface area contributed by atoms with Gasteiger partial charge < -0.3 is 4.74 Å². The van der Waals surface area contributed by atoms with Crippen molar-refractivity contribution in [3.05, 3.63) is 48.2 Å². The third kappa shape index (κ3) is 2.89. The Morgan fingerprint density at radius 2 is 1.85 bits per heavy atom. The SMILES string of the molecule is COc1ccc2nnc(C3CCN(Cc4nnc5ccccn45)CC3)n2n1. The van der Waals surface area contributed by atoms with Gasteiger partial charge in [0.2, 0.25) is 5.88 Å². The summed E-state index contributed by atoms with van der Waals surface area (Å²) in [7, 11) is 1.62. The summed E-state index contributed by atoms with van der Waals surface area (Å²) in [5, 5.41) is 21.7. The molecule has 27 heavy (non-hydrogen) atoms. The van der Waals surface area contributed by atoms with Crippen LogP contribution >= 0.6 is 0 Å². The van der Waals surface area contributed by atoms with E-state index in [4.69, 9.17) is 4.74 Å². The fraction of sp³-hybridized carbons (Fsp3) is 0.389. The number of pyridine rings is 1. The number of rotatable bonds is 4. The lowest BCUT2D eigenvalue weighted by Gasteiger charge is -2.30. The van der Waals surface area contributed by atoms with Gasteiger partial charge in [-0.1, -0.05) is 6.07 Å². The fourth-order valence-electron chi connectivity index (χ4n) is 3.70. The molecule has 1 aliphatic heterocycles. The lowest BCUT2D eigenvalue weighted by Crippen LogP contribution is -2.33. The number of hydrogen-bond acceptors (Lipinski definition) is 7. The standard InChI is InChI=1S/C18H20N8O/c1-27-17-6-5-15-20-22-18(26(15)23-17)13-7-10-24(11-8-13)12-16-21-19-14-4-2-3-9-25(14)16/h2-6,9,13H,7-8,10-12H2,1H3. The largest absolute Gasteiger partial charge is 0.480 e. The average molecular weight is 364 g/mol. The van der Waals surface area contributed by atoms with Gasteiger partial charge in [0.15, 0.2) is 22.9 Å². The van der Waals surface area contributed by atoms with Crippen LogP contribution in [-0.2, 0) is 6.54 Å². The molecule has 5 heterocycles. The van der Waals surface area contributed by atoms with Gasteiger partial charge in [0.25, 0.3) is 0 Å². The summed E-state index contributed by atoms with van der Waals surface area (Å²) >= 11 is 0. The molecule has 0 amide bonds. The highest BCUT2D eigenvalue weighted by molar-refractivity contribution is 5.38. The number of likely N-dealkylation sites (tertiary alicyclic amines) is 1. The third-order valence-corrected chi connectivity index (χ3v) is 5.17. The zero-order valence-corrected chi connectivity index (χ0v) is 15.1. The van der Waals surface area contributed by atoms with Gasteiger partial charge in [0.05, 0.1) is 13.7 Å². The Bertz CT molecular complexity index is 1080. The molecule has 0 saturated carbocycles. The van der Waals surface area contributed by atoms with Crippen LogP contribution in [0.1, 0.15) is 30.4 Å². The Hall–Kier alpha value is -3.07.